The van der Waals surface area contributed by atoms with Gasteiger partial charge in [-0.3, -0.25) is 0 Å². The van der Waals surface area contributed by atoms with Crippen LogP contribution in [0, 0.1) is 0 Å². The fourth-order valence-corrected chi connectivity index (χ4v) is 1.03. The highest BCUT2D eigenvalue weighted by atomic mass is 35.5. The summed E-state index contributed by atoms with van der Waals surface area (Å²) in [5.74, 6) is 0.138. The van der Waals surface area contributed by atoms with Crippen LogP contribution < -0.4 is 4.90 Å². The second kappa shape index (κ2) is 3.01. The monoisotopic (exact) mass is 171 g/mol. The number of halogens is 1. The van der Waals surface area contributed by atoms with Crippen LogP contribution in [0.15, 0.2) is 18.2 Å². The molecule has 1 aromatic carbocycles. The SMILES string of the molecule is CN(C)c1cccc(Cl)c1O. The van der Waals surface area contributed by atoms with Crippen LogP contribution in [-0.4, -0.2) is 19.2 Å². The largest absolute Gasteiger partial charge is 0.504 e. The van der Waals surface area contributed by atoms with Gasteiger partial charge in [0.1, 0.15) is 0 Å². The van der Waals surface area contributed by atoms with Gasteiger partial charge in [-0.2, -0.15) is 0 Å². The zero-order chi connectivity index (χ0) is 8.43. The smallest absolute Gasteiger partial charge is 0.157 e. The Hall–Kier alpha value is -0.890. The molecule has 0 unspecified atom stereocenters. The van der Waals surface area contributed by atoms with Gasteiger partial charge in [0.2, 0.25) is 0 Å². The Bertz CT molecular complexity index is 260. The molecule has 1 aromatic rings. The van der Waals surface area contributed by atoms with E-state index in [1.54, 1.807) is 23.1 Å². The average Bonchev–Trinajstić information content (AvgIpc) is 1.94. The minimum Gasteiger partial charge on any atom is -0.504 e. The van der Waals surface area contributed by atoms with E-state index in [9.17, 15) is 5.11 Å². The fraction of sp³-hybridized carbons (Fsp3) is 0.250. The Morgan fingerprint density at radius 2 is 2.00 bits per heavy atom. The summed E-state index contributed by atoms with van der Waals surface area (Å²) in [5, 5.41) is 9.78. The number of aromatic hydroxyl groups is 1. The van der Waals surface area contributed by atoms with E-state index in [0.29, 0.717) is 5.02 Å². The molecule has 0 saturated carbocycles. The molecule has 1 N–H and O–H groups in total. The van der Waals surface area contributed by atoms with Crippen molar-refractivity contribution >= 4 is 17.3 Å². The standard InChI is InChI=1S/C8H10ClNO/c1-10(2)7-5-3-4-6(9)8(7)11/h3-5,11H,1-2H3. The topological polar surface area (TPSA) is 23.5 Å². The zero-order valence-electron chi connectivity index (χ0n) is 6.50. The minimum atomic E-state index is 0.138. The number of anilines is 1. The maximum Gasteiger partial charge on any atom is 0.157 e. The summed E-state index contributed by atoms with van der Waals surface area (Å²) in [5.41, 5.74) is 0.734. The second-order valence-corrected chi connectivity index (χ2v) is 2.91. The lowest BCUT2D eigenvalue weighted by Gasteiger charge is -2.14. The van der Waals surface area contributed by atoms with Gasteiger partial charge in [-0.15, -0.1) is 0 Å². The molecule has 0 aromatic heterocycles. The zero-order valence-corrected chi connectivity index (χ0v) is 7.26. The average molecular weight is 172 g/mol. The third-order valence-electron chi connectivity index (χ3n) is 1.45. The van der Waals surface area contributed by atoms with Crippen LogP contribution in [0.3, 0.4) is 0 Å². The Morgan fingerprint density at radius 1 is 1.36 bits per heavy atom. The van der Waals surface area contributed by atoms with Crippen molar-refractivity contribution in [2.45, 2.75) is 0 Å². The van der Waals surface area contributed by atoms with Crippen molar-refractivity contribution in [1.82, 2.24) is 0 Å². The molecule has 0 aliphatic rings. The van der Waals surface area contributed by atoms with Crippen LogP contribution in [0.1, 0.15) is 0 Å². The minimum absolute atomic E-state index is 0.138. The maximum atomic E-state index is 9.39. The quantitative estimate of drug-likeness (QED) is 0.700. The maximum absolute atomic E-state index is 9.39. The van der Waals surface area contributed by atoms with E-state index in [1.807, 2.05) is 14.1 Å². The van der Waals surface area contributed by atoms with Crippen LogP contribution in [0.25, 0.3) is 0 Å². The summed E-state index contributed by atoms with van der Waals surface area (Å²) >= 11 is 5.68. The van der Waals surface area contributed by atoms with E-state index in [1.165, 1.54) is 0 Å². The number of phenols is 1. The Morgan fingerprint density at radius 3 is 2.45 bits per heavy atom. The molecular weight excluding hydrogens is 162 g/mol. The predicted octanol–water partition coefficient (Wildman–Crippen LogP) is 2.11. The van der Waals surface area contributed by atoms with Crippen LogP contribution in [-0.2, 0) is 0 Å². The molecule has 0 bridgehead atoms. The highest BCUT2D eigenvalue weighted by molar-refractivity contribution is 6.32. The van der Waals surface area contributed by atoms with Crippen LogP contribution in [0.4, 0.5) is 5.69 Å². The molecule has 0 atom stereocenters. The van der Waals surface area contributed by atoms with E-state index >= 15 is 0 Å². The number of nitrogens with zero attached hydrogens (tertiary/aromatic N) is 1. The molecule has 0 heterocycles. The first-order chi connectivity index (χ1) is 5.13. The van der Waals surface area contributed by atoms with Gasteiger partial charge in [-0.25, -0.2) is 0 Å². The molecule has 0 spiro atoms. The molecule has 60 valence electrons. The van der Waals surface area contributed by atoms with Crippen LogP contribution >= 0.6 is 11.6 Å². The van der Waals surface area contributed by atoms with E-state index in [4.69, 9.17) is 11.6 Å². The lowest BCUT2D eigenvalue weighted by atomic mass is 10.3. The van der Waals surface area contributed by atoms with Gasteiger partial charge in [-0.1, -0.05) is 17.7 Å². The first-order valence-electron chi connectivity index (χ1n) is 3.27. The Balaban J connectivity index is 3.17. The van der Waals surface area contributed by atoms with Gasteiger partial charge in [0.05, 0.1) is 10.7 Å². The highest BCUT2D eigenvalue weighted by Crippen LogP contribution is 2.32. The van der Waals surface area contributed by atoms with E-state index in [2.05, 4.69) is 0 Å². The Labute approximate surface area is 71.0 Å². The number of phenolic OH excluding ortho intramolecular Hbond substituents is 1. The molecule has 0 saturated heterocycles. The van der Waals surface area contributed by atoms with Crippen molar-refractivity contribution in [1.29, 1.82) is 0 Å². The van der Waals surface area contributed by atoms with Crippen LogP contribution in [0.2, 0.25) is 5.02 Å². The molecule has 11 heavy (non-hydrogen) atoms. The molecule has 0 aliphatic carbocycles. The summed E-state index contributed by atoms with van der Waals surface area (Å²) in [6, 6.07) is 5.27. The van der Waals surface area contributed by atoms with Crippen molar-refractivity contribution in [3.8, 4) is 5.75 Å². The molecule has 3 heteroatoms. The second-order valence-electron chi connectivity index (χ2n) is 2.50. The van der Waals surface area contributed by atoms with Gasteiger partial charge in [0, 0.05) is 14.1 Å². The van der Waals surface area contributed by atoms with Gasteiger partial charge >= 0.3 is 0 Å². The number of benzene rings is 1. The lowest BCUT2D eigenvalue weighted by Crippen LogP contribution is -2.08. The third-order valence-corrected chi connectivity index (χ3v) is 1.75. The third kappa shape index (κ3) is 1.57. The lowest BCUT2D eigenvalue weighted by molar-refractivity contribution is 0.476. The number of hydrogen-bond donors (Lipinski definition) is 1. The van der Waals surface area contributed by atoms with Gasteiger partial charge in [0.15, 0.2) is 5.75 Å². The first-order valence-corrected chi connectivity index (χ1v) is 3.65. The Kier molecular flexibility index (Phi) is 2.25. The summed E-state index contributed by atoms with van der Waals surface area (Å²) in [4.78, 5) is 1.81. The number of rotatable bonds is 1. The molecule has 1 rings (SSSR count). The summed E-state index contributed by atoms with van der Waals surface area (Å²) in [7, 11) is 3.71. The summed E-state index contributed by atoms with van der Waals surface area (Å²) < 4.78 is 0. The summed E-state index contributed by atoms with van der Waals surface area (Å²) in [6.07, 6.45) is 0. The fourth-order valence-electron chi connectivity index (χ4n) is 0.865. The van der Waals surface area contributed by atoms with E-state index < -0.39 is 0 Å². The molecule has 0 radical (unpaired) electrons. The van der Waals surface area contributed by atoms with Crippen molar-refractivity contribution in [3.63, 3.8) is 0 Å². The van der Waals surface area contributed by atoms with Gasteiger partial charge in [0.25, 0.3) is 0 Å². The van der Waals surface area contributed by atoms with E-state index in [0.717, 1.165) is 5.69 Å². The van der Waals surface area contributed by atoms with E-state index in [-0.39, 0.29) is 5.75 Å². The molecule has 0 amide bonds. The predicted molar refractivity (Wildman–Crippen MR) is 47.4 cm³/mol. The molecule has 0 aliphatic heterocycles. The van der Waals surface area contributed by atoms with Crippen molar-refractivity contribution in [2.24, 2.45) is 0 Å². The van der Waals surface area contributed by atoms with Gasteiger partial charge in [-0.05, 0) is 12.1 Å². The summed E-state index contributed by atoms with van der Waals surface area (Å²) in [6.45, 7) is 0. The van der Waals surface area contributed by atoms with Crippen LogP contribution in [0.5, 0.6) is 5.75 Å². The van der Waals surface area contributed by atoms with Crippen molar-refractivity contribution in [3.05, 3.63) is 23.2 Å². The molecular formula is C8H10ClNO. The number of para-hydroxylation sites is 1. The molecule has 2 nitrogen and oxygen atoms in total. The number of hydrogen-bond acceptors (Lipinski definition) is 2. The van der Waals surface area contributed by atoms with Gasteiger partial charge < -0.3 is 10.0 Å². The first kappa shape index (κ1) is 8.21. The van der Waals surface area contributed by atoms with Crippen molar-refractivity contribution < 1.29 is 5.11 Å². The highest BCUT2D eigenvalue weighted by Gasteiger charge is 2.04. The molecule has 0 fully saturated rings. The normalized spacial score (nSPS) is 9.73. The van der Waals surface area contributed by atoms with Crippen molar-refractivity contribution in [2.75, 3.05) is 19.0 Å².